The molecule has 2 heteroatoms. The predicted molar refractivity (Wildman–Crippen MR) is 60.0 cm³/mol. The van der Waals surface area contributed by atoms with Gasteiger partial charge in [0.05, 0.1) is 5.88 Å². The fourth-order valence-corrected chi connectivity index (χ4v) is 1.43. The minimum absolute atomic E-state index is 0.0162. The molecule has 0 radical (unpaired) electrons. The number of rotatable bonds is 3. The van der Waals surface area contributed by atoms with Crippen molar-refractivity contribution < 1.29 is 4.79 Å². The molecule has 1 rings (SSSR count). The zero-order valence-electron chi connectivity index (χ0n) is 8.38. The van der Waals surface area contributed by atoms with Gasteiger partial charge in [0.25, 0.3) is 0 Å². The molecule has 0 spiro atoms. The largest absolute Gasteiger partial charge is 0.289 e. The second-order valence-corrected chi connectivity index (χ2v) is 3.41. The van der Waals surface area contributed by atoms with Crippen molar-refractivity contribution in [1.82, 2.24) is 0 Å². The van der Waals surface area contributed by atoms with Crippen LogP contribution in [-0.4, -0.2) is 11.7 Å². The maximum absolute atomic E-state index is 11.8. The summed E-state index contributed by atoms with van der Waals surface area (Å²) in [5.74, 6) is 0.283. The molecule has 0 N–H and O–H groups in total. The van der Waals surface area contributed by atoms with Crippen molar-refractivity contribution in [2.24, 2.45) is 0 Å². The molecule has 0 amide bonds. The second-order valence-electron chi connectivity index (χ2n) is 3.14. The van der Waals surface area contributed by atoms with E-state index >= 15 is 0 Å². The van der Waals surface area contributed by atoms with Crippen molar-refractivity contribution in [3.63, 3.8) is 0 Å². The fourth-order valence-electron chi connectivity index (χ4n) is 1.16. The van der Waals surface area contributed by atoms with E-state index in [2.05, 4.69) is 0 Å². The Morgan fingerprint density at radius 1 is 1.36 bits per heavy atom. The molecule has 0 aliphatic carbocycles. The van der Waals surface area contributed by atoms with E-state index in [9.17, 15) is 4.79 Å². The number of carbonyl (C=O) groups is 1. The number of benzene rings is 1. The first-order chi connectivity index (χ1) is 6.69. The molecule has 0 aliphatic heterocycles. The van der Waals surface area contributed by atoms with Crippen LogP contribution in [0.4, 0.5) is 0 Å². The summed E-state index contributed by atoms with van der Waals surface area (Å²) in [6.45, 7) is 3.82. The maximum atomic E-state index is 11.8. The number of carbonyl (C=O) groups excluding carboxylic acids is 1. The summed E-state index contributed by atoms with van der Waals surface area (Å²) in [5.41, 5.74) is 2.49. The van der Waals surface area contributed by atoms with Gasteiger partial charge in [-0.1, -0.05) is 35.9 Å². The molecule has 0 saturated carbocycles. The molecule has 0 heterocycles. The molecule has 0 fully saturated rings. The van der Waals surface area contributed by atoms with Crippen molar-refractivity contribution in [3.05, 3.63) is 47.0 Å². The van der Waals surface area contributed by atoms with Crippen LogP contribution < -0.4 is 0 Å². The number of hydrogen-bond donors (Lipinski definition) is 0. The smallest absolute Gasteiger partial charge is 0.189 e. The average molecular weight is 209 g/mol. The standard InChI is InChI=1S/C12H13ClO/c1-3-10(8-13)12(14)11-6-4-9(2)5-7-11/h3-7H,8H2,1-2H3/b10-3-. The molecule has 14 heavy (non-hydrogen) atoms. The van der Waals surface area contributed by atoms with Crippen molar-refractivity contribution >= 4 is 17.4 Å². The van der Waals surface area contributed by atoms with E-state index in [1.165, 1.54) is 0 Å². The predicted octanol–water partition coefficient (Wildman–Crippen LogP) is 3.36. The zero-order chi connectivity index (χ0) is 10.6. The summed E-state index contributed by atoms with van der Waals surface area (Å²) in [7, 11) is 0. The van der Waals surface area contributed by atoms with Crippen LogP contribution in [0.2, 0.25) is 0 Å². The maximum Gasteiger partial charge on any atom is 0.189 e. The van der Waals surface area contributed by atoms with Crippen LogP contribution in [0.15, 0.2) is 35.9 Å². The van der Waals surface area contributed by atoms with Gasteiger partial charge >= 0.3 is 0 Å². The van der Waals surface area contributed by atoms with Gasteiger partial charge in [-0.15, -0.1) is 11.6 Å². The minimum Gasteiger partial charge on any atom is -0.289 e. The average Bonchev–Trinajstić information content (AvgIpc) is 2.20. The number of allylic oxidation sites excluding steroid dienone is 2. The number of alkyl halides is 1. The third kappa shape index (κ3) is 2.46. The van der Waals surface area contributed by atoms with Crippen molar-refractivity contribution in [1.29, 1.82) is 0 Å². The minimum atomic E-state index is 0.0162. The first-order valence-electron chi connectivity index (χ1n) is 4.51. The summed E-state index contributed by atoms with van der Waals surface area (Å²) < 4.78 is 0. The van der Waals surface area contributed by atoms with E-state index in [4.69, 9.17) is 11.6 Å². The summed E-state index contributed by atoms with van der Waals surface area (Å²) in [5, 5.41) is 0. The molecule has 1 nitrogen and oxygen atoms in total. The van der Waals surface area contributed by atoms with E-state index in [-0.39, 0.29) is 11.7 Å². The number of ketones is 1. The van der Waals surface area contributed by atoms with Crippen LogP contribution in [0.25, 0.3) is 0 Å². The highest BCUT2D eigenvalue weighted by Crippen LogP contribution is 2.10. The van der Waals surface area contributed by atoms with E-state index in [1.807, 2.05) is 38.1 Å². The molecule has 0 bridgehead atoms. The van der Waals surface area contributed by atoms with Crippen molar-refractivity contribution in [2.45, 2.75) is 13.8 Å². The Morgan fingerprint density at radius 3 is 2.36 bits per heavy atom. The van der Waals surface area contributed by atoms with Crippen LogP contribution in [0.1, 0.15) is 22.8 Å². The third-order valence-electron chi connectivity index (χ3n) is 2.10. The number of halogens is 1. The van der Waals surface area contributed by atoms with Crippen LogP contribution in [0.3, 0.4) is 0 Å². The van der Waals surface area contributed by atoms with Crippen LogP contribution in [0.5, 0.6) is 0 Å². The monoisotopic (exact) mass is 208 g/mol. The topological polar surface area (TPSA) is 17.1 Å². The van der Waals surface area contributed by atoms with E-state index in [1.54, 1.807) is 6.08 Å². The lowest BCUT2D eigenvalue weighted by Gasteiger charge is -2.02. The third-order valence-corrected chi connectivity index (χ3v) is 2.39. The van der Waals surface area contributed by atoms with E-state index in [0.29, 0.717) is 11.1 Å². The highest BCUT2D eigenvalue weighted by Gasteiger charge is 2.09. The fraction of sp³-hybridized carbons (Fsp3) is 0.250. The molecule has 1 aromatic rings. The molecule has 74 valence electrons. The van der Waals surface area contributed by atoms with Gasteiger partial charge in [0.1, 0.15) is 0 Å². The Balaban J connectivity index is 2.95. The number of hydrogen-bond acceptors (Lipinski definition) is 1. The lowest BCUT2D eigenvalue weighted by Crippen LogP contribution is -2.04. The summed E-state index contributed by atoms with van der Waals surface area (Å²) in [6, 6.07) is 7.50. The van der Waals surface area contributed by atoms with Gasteiger partial charge in [0, 0.05) is 11.1 Å². The molecule has 0 saturated heterocycles. The van der Waals surface area contributed by atoms with Crippen LogP contribution in [-0.2, 0) is 0 Å². The summed E-state index contributed by atoms with van der Waals surface area (Å²) >= 11 is 5.65. The SMILES string of the molecule is C/C=C(/CCl)C(=O)c1ccc(C)cc1. The van der Waals surface area contributed by atoms with Gasteiger partial charge in [-0.25, -0.2) is 0 Å². The van der Waals surface area contributed by atoms with Gasteiger partial charge in [0.15, 0.2) is 5.78 Å². The molecule has 1 aromatic carbocycles. The molecular formula is C12H13ClO. The quantitative estimate of drug-likeness (QED) is 0.423. The Bertz CT molecular complexity index is 349. The van der Waals surface area contributed by atoms with Crippen LogP contribution >= 0.6 is 11.6 Å². The highest BCUT2D eigenvalue weighted by molar-refractivity contribution is 6.24. The van der Waals surface area contributed by atoms with Gasteiger partial charge in [-0.05, 0) is 13.8 Å². The van der Waals surface area contributed by atoms with E-state index < -0.39 is 0 Å². The first-order valence-corrected chi connectivity index (χ1v) is 5.05. The first kappa shape index (κ1) is 11.0. The van der Waals surface area contributed by atoms with Gasteiger partial charge in [-0.3, -0.25) is 4.79 Å². The van der Waals surface area contributed by atoms with Gasteiger partial charge in [-0.2, -0.15) is 0 Å². The second kappa shape index (κ2) is 4.97. The zero-order valence-corrected chi connectivity index (χ0v) is 9.14. The highest BCUT2D eigenvalue weighted by atomic mass is 35.5. The van der Waals surface area contributed by atoms with E-state index in [0.717, 1.165) is 5.56 Å². The Morgan fingerprint density at radius 2 is 1.93 bits per heavy atom. The molecule has 0 unspecified atom stereocenters. The number of Topliss-reactive ketones (excluding diaryl/α,β-unsaturated/α-hetero) is 1. The van der Waals surface area contributed by atoms with Crippen molar-refractivity contribution in [2.75, 3.05) is 5.88 Å². The van der Waals surface area contributed by atoms with Crippen molar-refractivity contribution in [3.8, 4) is 0 Å². The van der Waals surface area contributed by atoms with Crippen LogP contribution in [0, 0.1) is 6.92 Å². The Labute approximate surface area is 89.4 Å². The molecule has 0 atom stereocenters. The normalized spacial score (nSPS) is 11.5. The lowest BCUT2D eigenvalue weighted by molar-refractivity contribution is 0.103. The molecule has 0 aliphatic rings. The Hall–Kier alpha value is -1.08. The van der Waals surface area contributed by atoms with Gasteiger partial charge in [0.2, 0.25) is 0 Å². The Kier molecular flexibility index (Phi) is 3.90. The molecular weight excluding hydrogens is 196 g/mol. The summed E-state index contributed by atoms with van der Waals surface area (Å²) in [4.78, 5) is 11.8. The molecule has 0 aromatic heterocycles. The van der Waals surface area contributed by atoms with Gasteiger partial charge < -0.3 is 0 Å². The lowest BCUT2D eigenvalue weighted by atomic mass is 10.0. The number of aryl methyl sites for hydroxylation is 1. The summed E-state index contributed by atoms with van der Waals surface area (Å²) in [6.07, 6.45) is 1.76.